The Morgan fingerprint density at radius 3 is 2.60 bits per heavy atom. The zero-order valence-electron chi connectivity index (χ0n) is 13.8. The zero-order chi connectivity index (χ0) is 17.2. The molecule has 2 aromatic carbocycles. The molecule has 1 aliphatic rings. The largest absolute Gasteiger partial charge is 0.439 e. The molecule has 1 aromatic heterocycles. The summed E-state index contributed by atoms with van der Waals surface area (Å²) in [4.78, 5) is 18.3. The summed E-state index contributed by atoms with van der Waals surface area (Å²) < 4.78 is 5.88. The first-order chi connectivity index (χ1) is 12.2. The van der Waals surface area contributed by atoms with Gasteiger partial charge in [-0.25, -0.2) is 4.98 Å². The number of primary amides is 1. The van der Waals surface area contributed by atoms with Crippen LogP contribution in [-0.2, 0) is 24.3 Å². The van der Waals surface area contributed by atoms with E-state index in [1.54, 1.807) is 6.20 Å². The molecule has 0 radical (unpaired) electrons. The number of rotatable bonds is 4. The second-order valence-electron chi connectivity index (χ2n) is 6.28. The fraction of sp³-hybridized carbons (Fsp3) is 0.200. The molecule has 0 saturated heterocycles. The van der Waals surface area contributed by atoms with E-state index in [1.807, 2.05) is 47.4 Å². The van der Waals surface area contributed by atoms with Gasteiger partial charge in [-0.1, -0.05) is 54.6 Å². The van der Waals surface area contributed by atoms with E-state index < -0.39 is 0 Å². The number of benzene rings is 2. The first-order valence-electron chi connectivity index (χ1n) is 8.31. The third-order valence-corrected chi connectivity index (χ3v) is 4.62. The SMILES string of the molecule is NC(=O)[C@@H]1Cc2ccccc2CN1Cc1ncc(-c2ccccc2)o1. The van der Waals surface area contributed by atoms with E-state index in [0.29, 0.717) is 25.4 Å². The van der Waals surface area contributed by atoms with Crippen LogP contribution in [0, 0.1) is 0 Å². The number of carbonyl (C=O) groups excluding carboxylic acids is 1. The van der Waals surface area contributed by atoms with Crippen LogP contribution in [0.2, 0.25) is 0 Å². The summed E-state index contributed by atoms with van der Waals surface area (Å²) in [6.07, 6.45) is 2.35. The van der Waals surface area contributed by atoms with Crippen LogP contribution >= 0.6 is 0 Å². The third-order valence-electron chi connectivity index (χ3n) is 4.62. The quantitative estimate of drug-likeness (QED) is 0.797. The Morgan fingerprint density at radius 2 is 1.84 bits per heavy atom. The van der Waals surface area contributed by atoms with E-state index in [2.05, 4.69) is 17.1 Å². The van der Waals surface area contributed by atoms with E-state index in [-0.39, 0.29) is 11.9 Å². The summed E-state index contributed by atoms with van der Waals surface area (Å²) in [5, 5.41) is 0. The van der Waals surface area contributed by atoms with Crippen LogP contribution in [0.1, 0.15) is 17.0 Å². The molecule has 0 bridgehead atoms. The Morgan fingerprint density at radius 1 is 1.12 bits per heavy atom. The highest BCUT2D eigenvalue weighted by atomic mass is 16.4. The van der Waals surface area contributed by atoms with Crippen LogP contribution in [0.15, 0.2) is 65.2 Å². The molecule has 2 heterocycles. The Hall–Kier alpha value is -2.92. The molecule has 1 aliphatic heterocycles. The van der Waals surface area contributed by atoms with Crippen molar-refractivity contribution < 1.29 is 9.21 Å². The van der Waals surface area contributed by atoms with Crippen molar-refractivity contribution in [2.24, 2.45) is 5.73 Å². The predicted octanol–water partition coefficient (Wildman–Crippen LogP) is 2.75. The van der Waals surface area contributed by atoms with Gasteiger partial charge in [0.25, 0.3) is 0 Å². The Bertz CT molecular complexity index is 889. The molecular weight excluding hydrogens is 314 g/mol. The molecule has 0 fully saturated rings. The number of nitrogens with zero attached hydrogens (tertiary/aromatic N) is 2. The third kappa shape index (κ3) is 3.19. The second kappa shape index (κ2) is 6.53. The van der Waals surface area contributed by atoms with Gasteiger partial charge in [0.05, 0.1) is 18.8 Å². The van der Waals surface area contributed by atoms with Crippen molar-refractivity contribution in [2.75, 3.05) is 0 Å². The lowest BCUT2D eigenvalue weighted by Crippen LogP contribution is -2.48. The topological polar surface area (TPSA) is 72.4 Å². The molecule has 25 heavy (non-hydrogen) atoms. The molecule has 3 aromatic rings. The molecule has 1 amide bonds. The highest BCUT2D eigenvalue weighted by Gasteiger charge is 2.30. The van der Waals surface area contributed by atoms with Crippen molar-refractivity contribution in [3.8, 4) is 11.3 Å². The lowest BCUT2D eigenvalue weighted by Gasteiger charge is -2.34. The van der Waals surface area contributed by atoms with Gasteiger partial charge in [0.2, 0.25) is 11.8 Å². The van der Waals surface area contributed by atoms with Gasteiger partial charge in [-0.2, -0.15) is 0 Å². The fourth-order valence-corrected chi connectivity index (χ4v) is 3.32. The average molecular weight is 333 g/mol. The van der Waals surface area contributed by atoms with Gasteiger partial charge in [-0.15, -0.1) is 0 Å². The summed E-state index contributed by atoms with van der Waals surface area (Å²) in [6, 6.07) is 17.6. The van der Waals surface area contributed by atoms with E-state index in [0.717, 1.165) is 11.3 Å². The molecule has 5 nitrogen and oxygen atoms in total. The molecular formula is C20H19N3O2. The van der Waals surface area contributed by atoms with Crippen LogP contribution in [-0.4, -0.2) is 21.8 Å². The molecule has 1 atom stereocenters. The van der Waals surface area contributed by atoms with Gasteiger partial charge < -0.3 is 10.2 Å². The normalized spacial score (nSPS) is 17.2. The van der Waals surface area contributed by atoms with Crippen LogP contribution in [0.25, 0.3) is 11.3 Å². The Balaban J connectivity index is 1.57. The summed E-state index contributed by atoms with van der Waals surface area (Å²) in [5.41, 5.74) is 9.01. The number of hydrogen-bond acceptors (Lipinski definition) is 4. The summed E-state index contributed by atoms with van der Waals surface area (Å²) in [5.74, 6) is 0.998. The smallest absolute Gasteiger partial charge is 0.235 e. The van der Waals surface area contributed by atoms with Gasteiger partial charge >= 0.3 is 0 Å². The predicted molar refractivity (Wildman–Crippen MR) is 94.3 cm³/mol. The maximum absolute atomic E-state index is 11.9. The van der Waals surface area contributed by atoms with Gasteiger partial charge in [0, 0.05) is 12.1 Å². The van der Waals surface area contributed by atoms with Crippen molar-refractivity contribution in [2.45, 2.75) is 25.6 Å². The molecule has 0 saturated carbocycles. The molecule has 4 rings (SSSR count). The number of nitrogens with two attached hydrogens (primary N) is 1. The number of amides is 1. The minimum absolute atomic E-state index is 0.315. The number of aromatic nitrogens is 1. The molecule has 126 valence electrons. The highest BCUT2D eigenvalue weighted by Crippen LogP contribution is 2.26. The molecule has 5 heteroatoms. The summed E-state index contributed by atoms with van der Waals surface area (Å²) in [7, 11) is 0. The van der Waals surface area contributed by atoms with Crippen molar-refractivity contribution in [1.82, 2.24) is 9.88 Å². The van der Waals surface area contributed by atoms with Crippen LogP contribution in [0.3, 0.4) is 0 Å². The van der Waals surface area contributed by atoms with E-state index in [9.17, 15) is 4.79 Å². The highest BCUT2D eigenvalue weighted by molar-refractivity contribution is 5.80. The van der Waals surface area contributed by atoms with E-state index in [4.69, 9.17) is 10.2 Å². The number of oxazole rings is 1. The monoisotopic (exact) mass is 333 g/mol. The molecule has 0 spiro atoms. The molecule has 2 N–H and O–H groups in total. The van der Waals surface area contributed by atoms with Crippen molar-refractivity contribution in [3.63, 3.8) is 0 Å². The lowest BCUT2D eigenvalue weighted by molar-refractivity contribution is -0.124. The van der Waals surface area contributed by atoms with Crippen molar-refractivity contribution in [1.29, 1.82) is 0 Å². The first kappa shape index (κ1) is 15.6. The lowest BCUT2D eigenvalue weighted by atomic mass is 9.93. The summed E-state index contributed by atoms with van der Waals surface area (Å²) >= 11 is 0. The van der Waals surface area contributed by atoms with Gasteiger partial charge in [0.15, 0.2) is 5.76 Å². The van der Waals surface area contributed by atoms with E-state index >= 15 is 0 Å². The van der Waals surface area contributed by atoms with Gasteiger partial charge in [-0.3, -0.25) is 9.69 Å². The average Bonchev–Trinajstić information content (AvgIpc) is 3.10. The van der Waals surface area contributed by atoms with Crippen LogP contribution in [0.5, 0.6) is 0 Å². The molecule has 0 unspecified atom stereocenters. The number of carbonyl (C=O) groups is 1. The zero-order valence-corrected chi connectivity index (χ0v) is 13.8. The first-order valence-corrected chi connectivity index (χ1v) is 8.31. The number of fused-ring (bicyclic) bond motifs is 1. The van der Waals surface area contributed by atoms with Gasteiger partial charge in [0.1, 0.15) is 0 Å². The van der Waals surface area contributed by atoms with Crippen LogP contribution < -0.4 is 5.73 Å². The minimum atomic E-state index is -0.345. The Kier molecular flexibility index (Phi) is 4.07. The van der Waals surface area contributed by atoms with Crippen LogP contribution in [0.4, 0.5) is 0 Å². The maximum atomic E-state index is 11.9. The maximum Gasteiger partial charge on any atom is 0.235 e. The number of hydrogen-bond donors (Lipinski definition) is 1. The van der Waals surface area contributed by atoms with Gasteiger partial charge in [-0.05, 0) is 17.5 Å². The molecule has 0 aliphatic carbocycles. The Labute approximate surface area is 146 Å². The summed E-state index contributed by atoms with van der Waals surface area (Å²) in [6.45, 7) is 1.11. The fourth-order valence-electron chi connectivity index (χ4n) is 3.32. The van der Waals surface area contributed by atoms with Crippen molar-refractivity contribution in [3.05, 3.63) is 77.8 Å². The standard InChI is InChI=1S/C20H19N3O2/c21-20(24)17-10-15-8-4-5-9-16(15)12-23(17)13-19-22-11-18(25-19)14-6-2-1-3-7-14/h1-9,11,17H,10,12-13H2,(H2,21,24)/t17-/m0/s1. The van der Waals surface area contributed by atoms with Crippen molar-refractivity contribution >= 4 is 5.91 Å². The minimum Gasteiger partial charge on any atom is -0.439 e. The second-order valence-corrected chi connectivity index (χ2v) is 6.28. The van der Waals surface area contributed by atoms with E-state index in [1.165, 1.54) is 11.1 Å².